The highest BCUT2D eigenvalue weighted by molar-refractivity contribution is 6.01. The molecule has 2 aromatic carbocycles. The van der Waals surface area contributed by atoms with Crippen LogP contribution in [0, 0.1) is 6.92 Å². The predicted molar refractivity (Wildman–Crippen MR) is 134 cm³/mol. The topological polar surface area (TPSA) is 96.2 Å². The Balaban J connectivity index is 1.51. The number of aromatic nitrogens is 4. The molecule has 0 aliphatic carbocycles. The van der Waals surface area contributed by atoms with Crippen LogP contribution in [-0.4, -0.2) is 79.6 Å². The molecular formula is C26H33N7O2. The molecule has 2 unspecified atom stereocenters. The summed E-state index contributed by atoms with van der Waals surface area (Å²) in [5.74, 6) is -0.0143. The number of rotatable bonds is 6. The van der Waals surface area contributed by atoms with Gasteiger partial charge in [-0.25, -0.2) is 4.68 Å². The molecule has 4 rings (SSSR count). The molecule has 184 valence electrons. The van der Waals surface area contributed by atoms with Gasteiger partial charge in [-0.1, -0.05) is 29.8 Å². The minimum Gasteiger partial charge on any atom is -0.348 e. The third kappa shape index (κ3) is 5.57. The van der Waals surface area contributed by atoms with Crippen molar-refractivity contribution in [2.75, 3.05) is 19.6 Å². The molecule has 1 aliphatic rings. The van der Waals surface area contributed by atoms with Crippen molar-refractivity contribution in [2.45, 2.75) is 52.7 Å². The maximum Gasteiger partial charge on any atom is 0.252 e. The normalized spacial score (nSPS) is 19.4. The van der Waals surface area contributed by atoms with Crippen molar-refractivity contribution in [1.29, 1.82) is 0 Å². The number of tetrazole rings is 1. The van der Waals surface area contributed by atoms with E-state index in [0.717, 1.165) is 42.0 Å². The largest absolute Gasteiger partial charge is 0.348 e. The van der Waals surface area contributed by atoms with Crippen LogP contribution in [0.25, 0.3) is 16.8 Å². The predicted octanol–water partition coefficient (Wildman–Crippen LogP) is 2.70. The van der Waals surface area contributed by atoms with E-state index >= 15 is 0 Å². The summed E-state index contributed by atoms with van der Waals surface area (Å²) in [5.41, 5.74) is 4.30. The second-order valence-electron chi connectivity index (χ2n) is 9.57. The Morgan fingerprint density at radius 2 is 1.77 bits per heavy atom. The minimum atomic E-state index is -0.125. The van der Waals surface area contributed by atoms with Crippen LogP contribution in [0.15, 0.2) is 48.8 Å². The standard InChI is InChI=1S/C26H33N7O2/c1-17-6-8-22(9-7-17)25-12-23(32-16-27-29-30-32)10-11-24(25)26(35)28-18(2)13-31-14-19(3)33(21(5)34)20(4)15-31/h6-12,16,18-20H,13-15H2,1-5H3,(H,28,35)/t18?,19-,20?/m1/s1. The van der Waals surface area contributed by atoms with Crippen LogP contribution in [0.4, 0.5) is 0 Å². The van der Waals surface area contributed by atoms with Gasteiger partial charge in [0, 0.05) is 50.2 Å². The van der Waals surface area contributed by atoms with Gasteiger partial charge < -0.3 is 10.2 Å². The fourth-order valence-electron chi connectivity index (χ4n) is 5.06. The molecular weight excluding hydrogens is 442 g/mol. The molecule has 1 N–H and O–H groups in total. The van der Waals surface area contributed by atoms with Gasteiger partial charge in [-0.2, -0.15) is 0 Å². The molecule has 9 nitrogen and oxygen atoms in total. The second kappa shape index (κ2) is 10.4. The highest BCUT2D eigenvalue weighted by Crippen LogP contribution is 2.27. The van der Waals surface area contributed by atoms with E-state index in [1.165, 1.54) is 6.33 Å². The van der Waals surface area contributed by atoms with E-state index in [4.69, 9.17) is 0 Å². The summed E-state index contributed by atoms with van der Waals surface area (Å²) in [7, 11) is 0. The Kier molecular flexibility index (Phi) is 7.25. The molecule has 0 radical (unpaired) electrons. The number of piperazine rings is 1. The summed E-state index contributed by atoms with van der Waals surface area (Å²) in [5, 5.41) is 14.6. The molecule has 1 saturated heterocycles. The van der Waals surface area contributed by atoms with Crippen molar-refractivity contribution in [3.05, 3.63) is 59.9 Å². The number of carbonyl (C=O) groups excluding carboxylic acids is 2. The number of aryl methyl sites for hydroxylation is 1. The number of carbonyl (C=O) groups is 2. The smallest absolute Gasteiger partial charge is 0.252 e. The molecule has 0 bridgehead atoms. The van der Waals surface area contributed by atoms with Crippen molar-refractivity contribution in [3.8, 4) is 16.8 Å². The second-order valence-corrected chi connectivity index (χ2v) is 9.57. The maximum absolute atomic E-state index is 13.4. The van der Waals surface area contributed by atoms with Gasteiger partial charge in [0.15, 0.2) is 0 Å². The van der Waals surface area contributed by atoms with Gasteiger partial charge in [0.2, 0.25) is 5.91 Å². The average Bonchev–Trinajstić information content (AvgIpc) is 3.33. The zero-order valence-electron chi connectivity index (χ0n) is 21.0. The van der Waals surface area contributed by atoms with Crippen LogP contribution < -0.4 is 5.32 Å². The lowest BCUT2D eigenvalue weighted by molar-refractivity contribution is -0.136. The molecule has 0 spiro atoms. The lowest BCUT2D eigenvalue weighted by atomic mass is 9.97. The highest BCUT2D eigenvalue weighted by Gasteiger charge is 2.31. The van der Waals surface area contributed by atoms with E-state index < -0.39 is 0 Å². The van der Waals surface area contributed by atoms with Crippen LogP contribution >= 0.6 is 0 Å². The Labute approximate surface area is 206 Å². The Morgan fingerprint density at radius 3 is 2.37 bits per heavy atom. The number of amides is 2. The third-order valence-electron chi connectivity index (χ3n) is 6.49. The lowest BCUT2D eigenvalue weighted by Crippen LogP contribution is -2.59. The van der Waals surface area contributed by atoms with Gasteiger partial charge in [-0.15, -0.1) is 5.10 Å². The summed E-state index contributed by atoms with van der Waals surface area (Å²) >= 11 is 0. The first-order chi connectivity index (χ1) is 16.7. The third-order valence-corrected chi connectivity index (χ3v) is 6.49. The fourth-order valence-corrected chi connectivity index (χ4v) is 5.06. The van der Waals surface area contributed by atoms with Crippen molar-refractivity contribution >= 4 is 11.8 Å². The van der Waals surface area contributed by atoms with Gasteiger partial charge >= 0.3 is 0 Å². The van der Waals surface area contributed by atoms with Crippen molar-refractivity contribution in [1.82, 2.24) is 35.3 Å². The summed E-state index contributed by atoms with van der Waals surface area (Å²) in [6, 6.07) is 13.9. The summed E-state index contributed by atoms with van der Waals surface area (Å²) in [6.07, 6.45) is 1.53. The van der Waals surface area contributed by atoms with E-state index in [0.29, 0.717) is 5.56 Å². The Bertz CT molecular complexity index is 1160. The van der Waals surface area contributed by atoms with Gasteiger partial charge in [0.1, 0.15) is 6.33 Å². The maximum atomic E-state index is 13.4. The van der Waals surface area contributed by atoms with Crippen LogP contribution in [0.3, 0.4) is 0 Å². The zero-order valence-corrected chi connectivity index (χ0v) is 21.0. The highest BCUT2D eigenvalue weighted by atomic mass is 16.2. The summed E-state index contributed by atoms with van der Waals surface area (Å²) in [4.78, 5) is 29.6. The summed E-state index contributed by atoms with van der Waals surface area (Å²) in [6.45, 7) is 12.1. The molecule has 2 heterocycles. The van der Waals surface area contributed by atoms with Crippen LogP contribution in [0.2, 0.25) is 0 Å². The van der Waals surface area contributed by atoms with E-state index in [1.54, 1.807) is 11.6 Å². The fraction of sp³-hybridized carbons (Fsp3) is 0.423. The van der Waals surface area contributed by atoms with Gasteiger partial charge in [-0.05, 0) is 67.4 Å². The van der Waals surface area contributed by atoms with Gasteiger partial charge in [0.05, 0.1) is 5.69 Å². The van der Waals surface area contributed by atoms with Crippen LogP contribution in [-0.2, 0) is 4.79 Å². The van der Waals surface area contributed by atoms with E-state index in [-0.39, 0.29) is 29.9 Å². The molecule has 3 aromatic rings. The molecule has 1 aliphatic heterocycles. The summed E-state index contributed by atoms with van der Waals surface area (Å²) < 4.78 is 1.57. The molecule has 0 saturated carbocycles. The number of hydrogen-bond acceptors (Lipinski definition) is 6. The van der Waals surface area contributed by atoms with Crippen LogP contribution in [0.1, 0.15) is 43.6 Å². The lowest BCUT2D eigenvalue weighted by Gasteiger charge is -2.44. The van der Waals surface area contributed by atoms with E-state index in [1.807, 2.05) is 61.2 Å². The number of nitrogens with zero attached hydrogens (tertiary/aromatic N) is 6. The Morgan fingerprint density at radius 1 is 1.09 bits per heavy atom. The van der Waals surface area contributed by atoms with Crippen molar-refractivity contribution < 1.29 is 9.59 Å². The molecule has 9 heteroatoms. The van der Waals surface area contributed by atoms with Crippen LogP contribution in [0.5, 0.6) is 0 Å². The number of nitrogens with one attached hydrogen (secondary N) is 1. The van der Waals surface area contributed by atoms with Crippen molar-refractivity contribution in [3.63, 3.8) is 0 Å². The van der Waals surface area contributed by atoms with Gasteiger partial charge in [0.25, 0.3) is 5.91 Å². The SMILES string of the molecule is CC(=O)N1C(C)CN(CC(C)NC(=O)c2ccc(-n3cnnn3)cc2-c2ccc(C)cc2)C[C@H]1C. The average molecular weight is 476 g/mol. The van der Waals surface area contributed by atoms with Crippen molar-refractivity contribution in [2.24, 2.45) is 0 Å². The first-order valence-corrected chi connectivity index (χ1v) is 12.0. The number of benzene rings is 2. The zero-order chi connectivity index (χ0) is 25.1. The van der Waals surface area contributed by atoms with Gasteiger partial charge in [-0.3, -0.25) is 14.5 Å². The first-order valence-electron chi connectivity index (χ1n) is 12.0. The number of hydrogen-bond donors (Lipinski definition) is 1. The Hall–Kier alpha value is -3.59. The molecule has 3 atom stereocenters. The quantitative estimate of drug-likeness (QED) is 0.589. The molecule has 35 heavy (non-hydrogen) atoms. The monoisotopic (exact) mass is 475 g/mol. The molecule has 1 aromatic heterocycles. The first kappa shape index (κ1) is 24.5. The minimum absolute atomic E-state index is 0.0594. The molecule has 2 amide bonds. The molecule has 1 fully saturated rings. The van der Waals surface area contributed by atoms with E-state index in [9.17, 15) is 9.59 Å². The van der Waals surface area contributed by atoms with E-state index in [2.05, 4.69) is 39.6 Å².